The van der Waals surface area contributed by atoms with E-state index < -0.39 is 53.8 Å². The summed E-state index contributed by atoms with van der Waals surface area (Å²) in [7, 11) is 0. The summed E-state index contributed by atoms with van der Waals surface area (Å²) in [6, 6.07) is -0.388. The molecule has 13 nitrogen and oxygen atoms in total. The van der Waals surface area contributed by atoms with Crippen LogP contribution in [0.15, 0.2) is 22.8 Å². The molecular formula is C23H28N4O9. The maximum Gasteiger partial charge on any atom is 0.326 e. The van der Waals surface area contributed by atoms with Crippen LogP contribution in [0.5, 0.6) is 0 Å². The van der Waals surface area contributed by atoms with E-state index in [-0.39, 0.29) is 56.4 Å². The molecule has 1 aromatic rings. The maximum atomic E-state index is 12.8. The summed E-state index contributed by atoms with van der Waals surface area (Å²) >= 11 is 0. The first-order chi connectivity index (χ1) is 17.1. The molecule has 3 aliphatic rings. The van der Waals surface area contributed by atoms with Gasteiger partial charge in [0.15, 0.2) is 5.76 Å². The molecule has 1 aromatic heterocycles. The molecular weight excluding hydrogens is 476 g/mol. The number of carbonyl (C=O) groups is 6. The Kier molecular flexibility index (Phi) is 7.27. The van der Waals surface area contributed by atoms with Crippen LogP contribution >= 0.6 is 0 Å². The molecule has 4 N–H and O–H groups in total. The number of carbonyl (C=O) groups excluding carboxylic acids is 4. The van der Waals surface area contributed by atoms with Crippen LogP contribution in [0.25, 0.3) is 0 Å². The van der Waals surface area contributed by atoms with E-state index in [0.717, 1.165) is 22.6 Å². The van der Waals surface area contributed by atoms with Crippen molar-refractivity contribution in [1.82, 2.24) is 20.4 Å². The minimum atomic E-state index is -1.23. The molecule has 4 amide bonds. The van der Waals surface area contributed by atoms with Crippen LogP contribution < -0.4 is 10.6 Å². The predicted octanol–water partition coefficient (Wildman–Crippen LogP) is -0.576. The number of nitrogens with one attached hydrogen (secondary N) is 2. The fourth-order valence-corrected chi connectivity index (χ4v) is 4.73. The van der Waals surface area contributed by atoms with E-state index in [9.17, 15) is 39.0 Å². The lowest BCUT2D eigenvalue weighted by Gasteiger charge is -2.24. The van der Waals surface area contributed by atoms with E-state index in [1.807, 2.05) is 0 Å². The molecule has 3 heterocycles. The summed E-state index contributed by atoms with van der Waals surface area (Å²) in [5.74, 6) is -4.24. The highest BCUT2D eigenvalue weighted by Crippen LogP contribution is 2.30. The standard InChI is InChI=1S/C23H28N4O9/c28-18(26-10-13(8-15(26)22(32)33)24-20(30)12-3-4-12)5-6-19(29)27-11-14(9-16(27)23(34)35)25-21(31)17-2-1-7-36-17/h1-2,7,12-16H,3-6,8-11H2,(H,24,30)(H,25,31)(H,32,33)(H,34,35). The number of hydrogen-bond acceptors (Lipinski definition) is 7. The van der Waals surface area contributed by atoms with Gasteiger partial charge >= 0.3 is 11.9 Å². The van der Waals surface area contributed by atoms with Crippen LogP contribution in [0.4, 0.5) is 0 Å². The van der Waals surface area contributed by atoms with Gasteiger partial charge in [0.25, 0.3) is 5.91 Å². The van der Waals surface area contributed by atoms with E-state index in [4.69, 9.17) is 4.42 Å². The Bertz CT molecular complexity index is 1050. The third-order valence-corrected chi connectivity index (χ3v) is 6.74. The molecule has 13 heteroatoms. The molecule has 0 radical (unpaired) electrons. The second kappa shape index (κ2) is 10.4. The van der Waals surface area contributed by atoms with E-state index in [0.29, 0.717) is 0 Å². The van der Waals surface area contributed by atoms with Gasteiger partial charge in [-0.1, -0.05) is 0 Å². The highest BCUT2D eigenvalue weighted by molar-refractivity contribution is 5.92. The molecule has 1 aliphatic carbocycles. The Morgan fingerprint density at radius 3 is 1.83 bits per heavy atom. The van der Waals surface area contributed by atoms with Crippen molar-refractivity contribution in [2.75, 3.05) is 13.1 Å². The number of nitrogens with zero attached hydrogens (tertiary/aromatic N) is 2. The minimum Gasteiger partial charge on any atom is -0.480 e. The number of rotatable bonds is 9. The number of likely N-dealkylation sites (tertiary alicyclic amines) is 2. The van der Waals surface area contributed by atoms with Crippen LogP contribution in [-0.4, -0.2) is 92.8 Å². The van der Waals surface area contributed by atoms with Crippen LogP contribution in [0.1, 0.15) is 49.1 Å². The topological polar surface area (TPSA) is 187 Å². The lowest BCUT2D eigenvalue weighted by Crippen LogP contribution is -2.43. The first-order valence-electron chi connectivity index (χ1n) is 11.8. The van der Waals surface area contributed by atoms with Gasteiger partial charge in [0.2, 0.25) is 17.7 Å². The van der Waals surface area contributed by atoms with Gasteiger partial charge in [0.1, 0.15) is 12.1 Å². The second-order valence-electron chi connectivity index (χ2n) is 9.40. The lowest BCUT2D eigenvalue weighted by molar-refractivity contribution is -0.150. The van der Waals surface area contributed by atoms with Crippen molar-refractivity contribution in [3.05, 3.63) is 24.2 Å². The van der Waals surface area contributed by atoms with Crippen molar-refractivity contribution in [3.8, 4) is 0 Å². The van der Waals surface area contributed by atoms with Crippen LogP contribution in [0, 0.1) is 5.92 Å². The number of hydrogen-bond donors (Lipinski definition) is 4. The monoisotopic (exact) mass is 504 g/mol. The Labute approximate surface area is 205 Å². The molecule has 2 saturated heterocycles. The van der Waals surface area contributed by atoms with Gasteiger partial charge in [-0.3, -0.25) is 19.2 Å². The number of aliphatic carboxylic acids is 2. The van der Waals surface area contributed by atoms with Gasteiger partial charge in [-0.2, -0.15) is 0 Å². The second-order valence-corrected chi connectivity index (χ2v) is 9.40. The number of carboxylic acids is 2. The molecule has 0 spiro atoms. The number of furan rings is 1. The lowest BCUT2D eigenvalue weighted by atomic mass is 10.1. The highest BCUT2D eigenvalue weighted by Gasteiger charge is 2.43. The number of carboxylic acid groups (broad SMARTS) is 2. The molecule has 194 valence electrons. The Balaban J connectivity index is 1.32. The zero-order chi connectivity index (χ0) is 26.0. The van der Waals surface area contributed by atoms with E-state index in [2.05, 4.69) is 10.6 Å². The highest BCUT2D eigenvalue weighted by atomic mass is 16.4. The zero-order valence-electron chi connectivity index (χ0n) is 19.4. The van der Waals surface area contributed by atoms with Crippen LogP contribution in [0.2, 0.25) is 0 Å². The molecule has 4 atom stereocenters. The Morgan fingerprint density at radius 1 is 0.861 bits per heavy atom. The predicted molar refractivity (Wildman–Crippen MR) is 119 cm³/mol. The molecule has 2 aliphatic heterocycles. The average molecular weight is 504 g/mol. The first-order valence-corrected chi connectivity index (χ1v) is 11.8. The Hall–Kier alpha value is -3.90. The largest absolute Gasteiger partial charge is 0.480 e. The summed E-state index contributed by atoms with van der Waals surface area (Å²) < 4.78 is 5.02. The summed E-state index contributed by atoms with van der Waals surface area (Å²) in [4.78, 5) is 75.6. The Morgan fingerprint density at radius 2 is 1.39 bits per heavy atom. The maximum absolute atomic E-state index is 12.8. The fraction of sp³-hybridized carbons (Fsp3) is 0.565. The van der Waals surface area contributed by atoms with Gasteiger partial charge in [-0.15, -0.1) is 0 Å². The van der Waals surface area contributed by atoms with Gasteiger partial charge in [0.05, 0.1) is 6.26 Å². The average Bonchev–Trinajstić information content (AvgIpc) is 3.22. The summed E-state index contributed by atoms with van der Waals surface area (Å²) in [5.41, 5.74) is 0. The van der Waals surface area contributed by atoms with Crippen molar-refractivity contribution >= 4 is 35.6 Å². The summed E-state index contributed by atoms with van der Waals surface area (Å²) in [6.45, 7) is -0.0159. The SMILES string of the molecule is O=C(NC1CC(C(=O)O)N(C(=O)CCC(=O)N2CC(NC(=O)C3CC3)CC2C(=O)O)C1)c1ccco1. The van der Waals surface area contributed by atoms with Crippen molar-refractivity contribution < 1.29 is 43.4 Å². The molecule has 4 unspecified atom stereocenters. The van der Waals surface area contributed by atoms with E-state index >= 15 is 0 Å². The van der Waals surface area contributed by atoms with Gasteiger partial charge in [0, 0.05) is 56.8 Å². The van der Waals surface area contributed by atoms with Crippen LogP contribution in [0.3, 0.4) is 0 Å². The third kappa shape index (κ3) is 5.66. The normalized spacial score (nSPS) is 25.4. The quantitative estimate of drug-likeness (QED) is 0.341. The van der Waals surface area contributed by atoms with Crippen molar-refractivity contribution in [3.63, 3.8) is 0 Å². The molecule has 1 saturated carbocycles. The summed E-state index contributed by atoms with van der Waals surface area (Å²) in [6.07, 6.45) is 2.38. The van der Waals surface area contributed by atoms with Crippen LogP contribution in [-0.2, 0) is 24.0 Å². The molecule has 3 fully saturated rings. The van der Waals surface area contributed by atoms with Gasteiger partial charge < -0.3 is 35.1 Å². The van der Waals surface area contributed by atoms with Crippen molar-refractivity contribution in [2.24, 2.45) is 5.92 Å². The van der Waals surface area contributed by atoms with E-state index in [1.54, 1.807) is 0 Å². The smallest absolute Gasteiger partial charge is 0.326 e. The first kappa shape index (κ1) is 25.2. The van der Waals surface area contributed by atoms with Gasteiger partial charge in [-0.25, -0.2) is 9.59 Å². The molecule has 0 bridgehead atoms. The van der Waals surface area contributed by atoms with Crippen molar-refractivity contribution in [2.45, 2.75) is 62.7 Å². The molecule has 36 heavy (non-hydrogen) atoms. The minimum absolute atomic E-state index is 0.00292. The van der Waals surface area contributed by atoms with E-state index in [1.165, 1.54) is 18.4 Å². The van der Waals surface area contributed by atoms with Gasteiger partial charge in [-0.05, 0) is 25.0 Å². The fourth-order valence-electron chi connectivity index (χ4n) is 4.73. The van der Waals surface area contributed by atoms with Crippen molar-refractivity contribution in [1.29, 1.82) is 0 Å². The molecule has 4 rings (SSSR count). The number of amides is 4. The summed E-state index contributed by atoms with van der Waals surface area (Å²) in [5, 5.41) is 24.5. The third-order valence-electron chi connectivity index (χ3n) is 6.74. The zero-order valence-corrected chi connectivity index (χ0v) is 19.4. The molecule has 0 aromatic carbocycles.